The van der Waals surface area contributed by atoms with Gasteiger partial charge in [0.25, 0.3) is 0 Å². The minimum Gasteiger partial charge on any atom is -0.370 e. The van der Waals surface area contributed by atoms with Gasteiger partial charge in [0.1, 0.15) is 0 Å². The van der Waals surface area contributed by atoms with Crippen LogP contribution in [0.15, 0.2) is 0 Å². The molecule has 2 N–H and O–H groups in total. The number of nitrogens with zero attached hydrogens (tertiary/aromatic N) is 1. The second kappa shape index (κ2) is 5.34. The van der Waals surface area contributed by atoms with Gasteiger partial charge < -0.3 is 10.5 Å². The van der Waals surface area contributed by atoms with Crippen molar-refractivity contribution in [2.75, 3.05) is 19.6 Å². The molecule has 0 spiro atoms. The maximum Gasteiger partial charge on any atom is 0.0757 e. The number of nitrogens with two attached hydrogens (primary N) is 1. The molecule has 3 heteroatoms. The van der Waals surface area contributed by atoms with Gasteiger partial charge in [-0.3, -0.25) is 4.90 Å². The number of ether oxygens (including phenoxy) is 1. The van der Waals surface area contributed by atoms with Crippen molar-refractivity contribution in [3.63, 3.8) is 0 Å². The van der Waals surface area contributed by atoms with Crippen molar-refractivity contribution in [1.82, 2.24) is 4.90 Å². The first-order valence-corrected chi connectivity index (χ1v) is 7.85. The van der Waals surface area contributed by atoms with E-state index in [0.29, 0.717) is 23.5 Å². The van der Waals surface area contributed by atoms with E-state index in [4.69, 9.17) is 10.5 Å². The van der Waals surface area contributed by atoms with E-state index in [9.17, 15) is 0 Å². The normalized spacial score (nSPS) is 39.2. The molecule has 2 rings (SSSR count). The van der Waals surface area contributed by atoms with Crippen LogP contribution in [0.4, 0.5) is 0 Å². The first-order chi connectivity index (χ1) is 8.70. The Morgan fingerprint density at radius 3 is 2.58 bits per heavy atom. The van der Waals surface area contributed by atoms with Gasteiger partial charge in [-0.25, -0.2) is 0 Å². The van der Waals surface area contributed by atoms with Crippen LogP contribution in [0.5, 0.6) is 0 Å². The first kappa shape index (κ1) is 15.3. The highest BCUT2D eigenvalue weighted by molar-refractivity contribution is 4.93. The summed E-state index contributed by atoms with van der Waals surface area (Å²) >= 11 is 0. The highest BCUT2D eigenvalue weighted by Gasteiger charge is 2.39. The third-order valence-electron chi connectivity index (χ3n) is 4.94. The van der Waals surface area contributed by atoms with Crippen molar-refractivity contribution in [3.05, 3.63) is 0 Å². The molecule has 1 heterocycles. The molecule has 19 heavy (non-hydrogen) atoms. The summed E-state index contributed by atoms with van der Waals surface area (Å²) < 4.78 is 5.99. The van der Waals surface area contributed by atoms with Crippen LogP contribution in [0.25, 0.3) is 0 Å². The molecule has 3 unspecified atom stereocenters. The van der Waals surface area contributed by atoms with E-state index in [-0.39, 0.29) is 5.60 Å². The SMILES string of the molecule is CC1CN(CC2CCCC(C)(C)C2N)CC(C)(C)O1. The fourth-order valence-electron chi connectivity index (χ4n) is 4.07. The number of hydrogen-bond donors (Lipinski definition) is 1. The van der Waals surface area contributed by atoms with Crippen LogP contribution in [0.2, 0.25) is 0 Å². The molecule has 1 saturated heterocycles. The van der Waals surface area contributed by atoms with Crippen molar-refractivity contribution >= 4 is 0 Å². The second-order valence-corrected chi connectivity index (χ2v) is 8.05. The second-order valence-electron chi connectivity index (χ2n) is 8.05. The van der Waals surface area contributed by atoms with E-state index in [2.05, 4.69) is 39.5 Å². The van der Waals surface area contributed by atoms with Crippen LogP contribution in [0, 0.1) is 11.3 Å². The third kappa shape index (κ3) is 3.71. The molecule has 0 aromatic carbocycles. The number of morpholine rings is 1. The van der Waals surface area contributed by atoms with Gasteiger partial charge in [0.05, 0.1) is 11.7 Å². The Labute approximate surface area is 118 Å². The van der Waals surface area contributed by atoms with Crippen LogP contribution in [-0.4, -0.2) is 42.3 Å². The lowest BCUT2D eigenvalue weighted by molar-refractivity contribution is -0.133. The topological polar surface area (TPSA) is 38.5 Å². The lowest BCUT2D eigenvalue weighted by atomic mass is 9.68. The van der Waals surface area contributed by atoms with E-state index in [0.717, 1.165) is 19.6 Å². The number of rotatable bonds is 2. The molecular formula is C16H32N2O. The Morgan fingerprint density at radius 1 is 1.26 bits per heavy atom. The molecule has 2 fully saturated rings. The summed E-state index contributed by atoms with van der Waals surface area (Å²) in [5.41, 5.74) is 6.80. The molecule has 0 amide bonds. The predicted octanol–water partition coefficient (Wildman–Crippen LogP) is 2.64. The summed E-state index contributed by atoms with van der Waals surface area (Å²) in [6.45, 7) is 14.4. The quantitative estimate of drug-likeness (QED) is 0.837. The Bertz CT molecular complexity index is 314. The maximum absolute atomic E-state index is 6.52. The fraction of sp³-hybridized carbons (Fsp3) is 1.00. The van der Waals surface area contributed by atoms with E-state index in [1.807, 2.05) is 0 Å². The zero-order chi connectivity index (χ0) is 14.3. The van der Waals surface area contributed by atoms with Crippen LogP contribution in [0.3, 0.4) is 0 Å². The van der Waals surface area contributed by atoms with E-state index >= 15 is 0 Å². The van der Waals surface area contributed by atoms with Gasteiger partial charge >= 0.3 is 0 Å². The Hall–Kier alpha value is -0.120. The molecular weight excluding hydrogens is 236 g/mol. The highest BCUT2D eigenvalue weighted by Crippen LogP contribution is 2.38. The van der Waals surface area contributed by atoms with Gasteiger partial charge in [-0.05, 0) is 44.9 Å². The fourth-order valence-corrected chi connectivity index (χ4v) is 4.07. The standard InChI is InChI=1S/C16H32N2O/c1-12-9-18(11-16(4,5)19-12)10-13-7-6-8-15(2,3)14(13)17/h12-14H,6-11,17H2,1-5H3. The first-order valence-electron chi connectivity index (χ1n) is 7.85. The lowest BCUT2D eigenvalue weighted by Gasteiger charge is -2.47. The minimum absolute atomic E-state index is 0.0219. The van der Waals surface area contributed by atoms with E-state index in [1.54, 1.807) is 0 Å². The zero-order valence-corrected chi connectivity index (χ0v) is 13.4. The van der Waals surface area contributed by atoms with Crippen LogP contribution in [0.1, 0.15) is 53.9 Å². The van der Waals surface area contributed by atoms with Crippen LogP contribution in [-0.2, 0) is 4.74 Å². The Balaban J connectivity index is 1.97. The predicted molar refractivity (Wildman–Crippen MR) is 80.2 cm³/mol. The molecule has 2 aliphatic rings. The summed E-state index contributed by atoms with van der Waals surface area (Å²) in [6.07, 6.45) is 4.22. The van der Waals surface area contributed by atoms with Gasteiger partial charge in [0.15, 0.2) is 0 Å². The Kier molecular flexibility index (Phi) is 4.29. The van der Waals surface area contributed by atoms with E-state index < -0.39 is 0 Å². The van der Waals surface area contributed by atoms with Gasteiger partial charge in [0.2, 0.25) is 0 Å². The minimum atomic E-state index is -0.0219. The largest absolute Gasteiger partial charge is 0.370 e. The molecule has 3 nitrogen and oxygen atoms in total. The van der Waals surface area contributed by atoms with Crippen LogP contribution < -0.4 is 5.73 Å². The molecule has 0 bridgehead atoms. The van der Waals surface area contributed by atoms with E-state index in [1.165, 1.54) is 19.3 Å². The third-order valence-corrected chi connectivity index (χ3v) is 4.94. The summed E-state index contributed by atoms with van der Waals surface area (Å²) in [5, 5.41) is 0. The summed E-state index contributed by atoms with van der Waals surface area (Å²) in [7, 11) is 0. The zero-order valence-electron chi connectivity index (χ0n) is 13.4. The summed E-state index contributed by atoms with van der Waals surface area (Å²) in [4.78, 5) is 2.57. The molecule has 1 saturated carbocycles. The molecule has 0 radical (unpaired) electrons. The molecule has 0 aromatic rings. The van der Waals surface area contributed by atoms with Gasteiger partial charge in [-0.15, -0.1) is 0 Å². The van der Waals surface area contributed by atoms with Gasteiger partial charge in [-0.1, -0.05) is 20.3 Å². The molecule has 3 atom stereocenters. The Morgan fingerprint density at radius 2 is 1.95 bits per heavy atom. The average molecular weight is 268 g/mol. The van der Waals surface area contributed by atoms with Crippen molar-refractivity contribution < 1.29 is 4.74 Å². The lowest BCUT2D eigenvalue weighted by Crippen LogP contribution is -2.56. The summed E-state index contributed by atoms with van der Waals surface area (Å²) in [6, 6.07) is 0.336. The average Bonchev–Trinajstić information content (AvgIpc) is 2.21. The molecule has 1 aliphatic heterocycles. The summed E-state index contributed by atoms with van der Waals surface area (Å²) in [5.74, 6) is 0.643. The smallest absolute Gasteiger partial charge is 0.0757 e. The van der Waals surface area contributed by atoms with Gasteiger partial charge in [0, 0.05) is 25.7 Å². The van der Waals surface area contributed by atoms with Crippen molar-refractivity contribution in [3.8, 4) is 0 Å². The van der Waals surface area contributed by atoms with Crippen LogP contribution >= 0.6 is 0 Å². The van der Waals surface area contributed by atoms with Crippen molar-refractivity contribution in [2.24, 2.45) is 17.1 Å². The van der Waals surface area contributed by atoms with Crippen molar-refractivity contribution in [1.29, 1.82) is 0 Å². The maximum atomic E-state index is 6.52. The molecule has 0 aromatic heterocycles. The number of hydrogen-bond acceptors (Lipinski definition) is 3. The molecule has 112 valence electrons. The van der Waals surface area contributed by atoms with Gasteiger partial charge in [-0.2, -0.15) is 0 Å². The molecule has 1 aliphatic carbocycles. The monoisotopic (exact) mass is 268 g/mol. The van der Waals surface area contributed by atoms with Crippen molar-refractivity contribution in [2.45, 2.75) is 71.6 Å². The highest BCUT2D eigenvalue weighted by atomic mass is 16.5.